The van der Waals surface area contributed by atoms with Crippen LogP contribution in [0.4, 0.5) is 0 Å². The summed E-state index contributed by atoms with van der Waals surface area (Å²) in [6, 6.07) is 20.1. The molecule has 4 nitrogen and oxygen atoms in total. The summed E-state index contributed by atoms with van der Waals surface area (Å²) >= 11 is 0. The molecular formula is C26H29BiO4P2. The summed E-state index contributed by atoms with van der Waals surface area (Å²) in [6.07, 6.45) is 0. The fraction of sp³-hybridized carbons (Fsp3) is 0.308. The minimum atomic E-state index is -2.59. The summed E-state index contributed by atoms with van der Waals surface area (Å²) in [5.74, 6) is 0.637. The maximum absolute atomic E-state index is 13.0. The molecule has 0 bridgehead atoms. The third-order valence-electron chi connectivity index (χ3n) is 5.32. The molecule has 2 radical (unpaired) electrons. The van der Waals surface area contributed by atoms with Crippen molar-refractivity contribution in [3.05, 3.63) is 77.9 Å². The first-order valence-electron chi connectivity index (χ1n) is 10.5. The molecule has 0 aliphatic carbocycles. The Labute approximate surface area is 219 Å². The third-order valence-corrected chi connectivity index (χ3v) is 7.13. The van der Waals surface area contributed by atoms with Crippen LogP contribution in [0.1, 0.15) is 52.7 Å². The van der Waals surface area contributed by atoms with E-state index < -0.39 is 16.8 Å². The molecule has 7 heteroatoms. The fourth-order valence-electron chi connectivity index (χ4n) is 3.36. The molecule has 0 aliphatic heterocycles. The SMILES string of the molecule is CC(C)(C)c1ccc(OP([O-])c2ccc(-c3ccc(P([O-])[O-])cc3)cc2)c(C(C)(C)C)c1.[Bi+3]. The van der Waals surface area contributed by atoms with E-state index in [1.165, 1.54) is 5.56 Å². The fourth-order valence-corrected chi connectivity index (χ4v) is 4.58. The van der Waals surface area contributed by atoms with Crippen molar-refractivity contribution in [2.24, 2.45) is 0 Å². The van der Waals surface area contributed by atoms with Crippen molar-refractivity contribution in [1.29, 1.82) is 0 Å². The van der Waals surface area contributed by atoms with Gasteiger partial charge in [0.1, 0.15) is 5.75 Å². The number of hydrogen-bond acceptors (Lipinski definition) is 4. The maximum atomic E-state index is 13.0. The zero-order chi connectivity index (χ0) is 23.7. The standard InChI is InChI=1S/C26H29O4P2.Bi/c1-25(2,3)20-11-16-24(23(17-20)26(4,5)6)30-32(29)22-14-9-19(10-15-22)18-7-12-21(13-8-18)31(27)28;/h7-17H,1-6H3;/q-3;+3. The Morgan fingerprint density at radius 3 is 1.55 bits per heavy atom. The molecule has 3 aromatic carbocycles. The molecule has 0 N–H and O–H groups in total. The third kappa shape index (κ3) is 7.28. The van der Waals surface area contributed by atoms with Crippen LogP contribution >= 0.6 is 16.8 Å². The Balaban J connectivity index is 0.00000385. The molecule has 0 aliphatic rings. The van der Waals surface area contributed by atoms with Gasteiger partial charge in [-0.15, -0.1) is 0 Å². The molecule has 0 saturated carbocycles. The van der Waals surface area contributed by atoms with Crippen molar-refractivity contribution < 1.29 is 19.2 Å². The van der Waals surface area contributed by atoms with E-state index in [0.717, 1.165) is 16.7 Å². The Bertz CT molecular complexity index is 1050. The van der Waals surface area contributed by atoms with Crippen LogP contribution in [0.15, 0.2) is 66.7 Å². The van der Waals surface area contributed by atoms with Gasteiger partial charge in [-0.1, -0.05) is 108 Å². The average molecular weight is 676 g/mol. The van der Waals surface area contributed by atoms with Crippen LogP contribution in [0.2, 0.25) is 0 Å². The molecule has 1 atom stereocenters. The largest absolute Gasteiger partial charge is 3.00 e. The molecule has 0 spiro atoms. The van der Waals surface area contributed by atoms with E-state index in [-0.39, 0.29) is 42.3 Å². The van der Waals surface area contributed by atoms with Crippen LogP contribution in [-0.4, -0.2) is 26.2 Å². The average Bonchev–Trinajstić information content (AvgIpc) is 2.72. The summed E-state index contributed by atoms with van der Waals surface area (Å²) in [5.41, 5.74) is 3.90. The van der Waals surface area contributed by atoms with Gasteiger partial charge in [0.05, 0.1) is 0 Å². The zero-order valence-corrected chi connectivity index (χ0v) is 25.1. The van der Waals surface area contributed by atoms with E-state index in [9.17, 15) is 14.7 Å². The van der Waals surface area contributed by atoms with Gasteiger partial charge < -0.3 is 19.2 Å². The van der Waals surface area contributed by atoms with Crippen molar-refractivity contribution in [3.63, 3.8) is 0 Å². The van der Waals surface area contributed by atoms with E-state index in [0.29, 0.717) is 11.1 Å². The quantitative estimate of drug-likeness (QED) is 0.306. The van der Waals surface area contributed by atoms with Crippen molar-refractivity contribution in [3.8, 4) is 16.9 Å². The van der Waals surface area contributed by atoms with Gasteiger partial charge in [-0.3, -0.25) is 8.38 Å². The van der Waals surface area contributed by atoms with E-state index in [2.05, 4.69) is 47.6 Å². The molecule has 172 valence electrons. The van der Waals surface area contributed by atoms with Gasteiger partial charge in [0.15, 0.2) is 0 Å². The summed E-state index contributed by atoms with van der Waals surface area (Å²) in [5, 5.41) is 0.881. The smallest absolute Gasteiger partial charge is 0.838 e. The van der Waals surface area contributed by atoms with Gasteiger partial charge in [-0.05, 0) is 38.9 Å². The Hall–Kier alpha value is -0.917. The molecule has 3 aromatic rings. The minimum Gasteiger partial charge on any atom is -0.838 e. The van der Waals surface area contributed by atoms with Crippen LogP contribution in [0.5, 0.6) is 5.75 Å². The topological polar surface area (TPSA) is 78.4 Å². The van der Waals surface area contributed by atoms with Gasteiger partial charge in [0.2, 0.25) is 0 Å². The number of benzene rings is 3. The second kappa shape index (κ2) is 11.2. The van der Waals surface area contributed by atoms with Crippen molar-refractivity contribution in [1.82, 2.24) is 0 Å². The first-order valence-corrected chi connectivity index (χ1v) is 12.9. The van der Waals surface area contributed by atoms with E-state index in [1.807, 2.05) is 24.3 Å². The van der Waals surface area contributed by atoms with Crippen LogP contribution in [0.3, 0.4) is 0 Å². The van der Waals surface area contributed by atoms with Crippen molar-refractivity contribution >= 4 is 53.6 Å². The van der Waals surface area contributed by atoms with E-state index in [1.54, 1.807) is 36.4 Å². The van der Waals surface area contributed by atoms with Crippen molar-refractivity contribution in [2.45, 2.75) is 52.4 Å². The van der Waals surface area contributed by atoms with Gasteiger partial charge >= 0.3 is 26.2 Å². The Kier molecular flexibility index (Phi) is 9.62. The summed E-state index contributed by atoms with van der Waals surface area (Å²) < 4.78 is 5.96. The van der Waals surface area contributed by atoms with E-state index in [4.69, 9.17) is 4.52 Å². The van der Waals surface area contributed by atoms with Gasteiger partial charge in [0, 0.05) is 13.9 Å². The Morgan fingerprint density at radius 1 is 0.636 bits per heavy atom. The molecule has 0 amide bonds. The molecule has 0 saturated heterocycles. The normalized spacial score (nSPS) is 12.9. The predicted octanol–water partition coefficient (Wildman–Crippen LogP) is 3.60. The van der Waals surface area contributed by atoms with Gasteiger partial charge in [0.25, 0.3) is 0 Å². The van der Waals surface area contributed by atoms with Crippen LogP contribution < -0.4 is 29.8 Å². The maximum Gasteiger partial charge on any atom is 3.00 e. The van der Waals surface area contributed by atoms with Gasteiger partial charge in [-0.2, -0.15) is 0 Å². The van der Waals surface area contributed by atoms with Crippen molar-refractivity contribution in [2.75, 3.05) is 0 Å². The first kappa shape index (κ1) is 28.3. The van der Waals surface area contributed by atoms with Crippen LogP contribution in [-0.2, 0) is 10.8 Å². The molecule has 0 fully saturated rings. The molecule has 0 heterocycles. The van der Waals surface area contributed by atoms with Crippen LogP contribution in [0.25, 0.3) is 11.1 Å². The van der Waals surface area contributed by atoms with E-state index >= 15 is 0 Å². The second-order valence-electron chi connectivity index (χ2n) is 9.91. The number of rotatable bonds is 5. The monoisotopic (exact) mass is 676 g/mol. The second-order valence-corrected chi connectivity index (χ2v) is 12.2. The predicted molar refractivity (Wildman–Crippen MR) is 135 cm³/mol. The summed E-state index contributed by atoms with van der Waals surface area (Å²) in [4.78, 5) is 35.1. The summed E-state index contributed by atoms with van der Waals surface area (Å²) in [7, 11) is -4.67. The van der Waals surface area contributed by atoms with Gasteiger partial charge in [-0.25, -0.2) is 0 Å². The molecule has 0 aromatic heterocycles. The zero-order valence-electron chi connectivity index (χ0n) is 19.8. The Morgan fingerprint density at radius 2 is 1.12 bits per heavy atom. The molecular weight excluding hydrogens is 647 g/mol. The molecule has 3 rings (SSSR count). The number of hydrogen-bond donors (Lipinski definition) is 0. The first-order chi connectivity index (χ1) is 14.9. The van der Waals surface area contributed by atoms with Crippen LogP contribution in [0, 0.1) is 0 Å². The molecule has 33 heavy (non-hydrogen) atoms. The minimum absolute atomic E-state index is 0. The summed E-state index contributed by atoms with van der Waals surface area (Å²) in [6.45, 7) is 12.9. The molecule has 1 unspecified atom stereocenters.